The summed E-state index contributed by atoms with van der Waals surface area (Å²) in [6, 6.07) is 8.99. The highest BCUT2D eigenvalue weighted by Crippen LogP contribution is 2.19. The largest absolute Gasteiger partial charge is 0.454 e. The Labute approximate surface area is 187 Å². The van der Waals surface area contributed by atoms with Gasteiger partial charge in [0, 0.05) is 13.6 Å². The van der Waals surface area contributed by atoms with Crippen molar-refractivity contribution in [3.8, 4) is 0 Å². The van der Waals surface area contributed by atoms with Crippen molar-refractivity contribution < 1.29 is 14.3 Å². The first-order chi connectivity index (χ1) is 15.2. The zero-order chi connectivity index (χ0) is 23.6. The van der Waals surface area contributed by atoms with E-state index in [0.29, 0.717) is 5.69 Å². The number of anilines is 1. The lowest BCUT2D eigenvalue weighted by molar-refractivity contribution is 0.0473. The van der Waals surface area contributed by atoms with Crippen molar-refractivity contribution in [3.05, 3.63) is 78.7 Å². The van der Waals surface area contributed by atoms with Crippen LogP contribution in [-0.2, 0) is 24.9 Å². The van der Waals surface area contributed by atoms with Gasteiger partial charge in [-0.2, -0.15) is 5.10 Å². The van der Waals surface area contributed by atoms with Crippen LogP contribution in [0.5, 0.6) is 0 Å². The van der Waals surface area contributed by atoms with Gasteiger partial charge in [-0.15, -0.1) is 0 Å². The molecule has 10 nitrogen and oxygen atoms in total. The molecule has 0 aliphatic rings. The first-order valence-corrected chi connectivity index (χ1v) is 10.1. The summed E-state index contributed by atoms with van der Waals surface area (Å²) in [6.07, 6.45) is 0. The Hall–Kier alpha value is -3.66. The molecule has 0 radical (unpaired) electrons. The molecule has 11 heteroatoms. The number of carbonyl (C=O) groups excluding carboxylic acids is 2. The zero-order valence-electron chi connectivity index (χ0n) is 17.8. The molecule has 0 spiro atoms. The van der Waals surface area contributed by atoms with Gasteiger partial charge in [0.2, 0.25) is 5.78 Å². The molecule has 0 aliphatic heterocycles. The molecular formula is C21H22ClN5O5. The number of nitrogen functional groups attached to an aromatic ring is 1. The Balaban J connectivity index is 1.95. The van der Waals surface area contributed by atoms with Gasteiger partial charge in [-0.1, -0.05) is 41.9 Å². The molecule has 2 aromatic heterocycles. The fraction of sp³-hybridized carbons (Fsp3) is 0.286. The SMILES string of the molecule is CCn1c(=O)c(C(=O)COC(=O)c2c(C)nn(C)c2Cl)c(N)n(Cc2ccccc2)c1=O. The van der Waals surface area contributed by atoms with Crippen molar-refractivity contribution in [1.82, 2.24) is 18.9 Å². The number of hydrogen-bond donors (Lipinski definition) is 1. The van der Waals surface area contributed by atoms with Crippen LogP contribution in [-0.4, -0.2) is 37.3 Å². The Morgan fingerprint density at radius 1 is 1.12 bits per heavy atom. The number of esters is 1. The van der Waals surface area contributed by atoms with E-state index in [4.69, 9.17) is 22.1 Å². The molecule has 168 valence electrons. The van der Waals surface area contributed by atoms with E-state index in [1.54, 1.807) is 45.2 Å². The first kappa shape index (κ1) is 23.0. The number of rotatable bonds is 7. The highest BCUT2D eigenvalue weighted by Gasteiger charge is 2.25. The number of hydrogen-bond acceptors (Lipinski definition) is 7. The number of carbonyl (C=O) groups is 2. The molecule has 2 N–H and O–H groups in total. The van der Waals surface area contributed by atoms with Crippen molar-refractivity contribution in [2.45, 2.75) is 26.9 Å². The molecule has 3 aromatic rings. The fourth-order valence-electron chi connectivity index (χ4n) is 3.31. The van der Waals surface area contributed by atoms with Gasteiger partial charge in [-0.05, 0) is 19.4 Å². The number of halogens is 1. The van der Waals surface area contributed by atoms with Crippen LogP contribution in [0.1, 0.15) is 38.9 Å². The van der Waals surface area contributed by atoms with Crippen molar-refractivity contribution in [2.75, 3.05) is 12.3 Å². The summed E-state index contributed by atoms with van der Waals surface area (Å²) in [5.74, 6) is -1.98. The van der Waals surface area contributed by atoms with Crippen LogP contribution < -0.4 is 17.0 Å². The second-order valence-electron chi connectivity index (χ2n) is 7.04. The number of ketones is 1. The van der Waals surface area contributed by atoms with Crippen LogP contribution in [0.2, 0.25) is 5.15 Å². The van der Waals surface area contributed by atoms with Crippen LogP contribution in [0.4, 0.5) is 5.82 Å². The Bertz CT molecular complexity index is 1310. The molecule has 2 heterocycles. The lowest BCUT2D eigenvalue weighted by Gasteiger charge is -2.15. The summed E-state index contributed by atoms with van der Waals surface area (Å²) >= 11 is 6.05. The summed E-state index contributed by atoms with van der Waals surface area (Å²) in [4.78, 5) is 50.8. The first-order valence-electron chi connectivity index (χ1n) is 9.73. The fourth-order valence-corrected chi connectivity index (χ4v) is 3.56. The van der Waals surface area contributed by atoms with Crippen molar-refractivity contribution in [1.29, 1.82) is 0 Å². The number of Topliss-reactive ketones (excluding diaryl/α,β-unsaturated/α-hetero) is 1. The zero-order valence-corrected chi connectivity index (χ0v) is 18.5. The van der Waals surface area contributed by atoms with Gasteiger partial charge in [0.1, 0.15) is 22.1 Å². The summed E-state index contributed by atoms with van der Waals surface area (Å²) in [7, 11) is 1.56. The average Bonchev–Trinajstić information content (AvgIpc) is 3.02. The third-order valence-electron chi connectivity index (χ3n) is 4.94. The maximum absolute atomic E-state index is 12.8. The molecule has 0 aliphatic carbocycles. The van der Waals surface area contributed by atoms with E-state index in [9.17, 15) is 19.2 Å². The standard InChI is InChI=1S/C21H22ClN5O5/c1-4-26-19(29)16(18(23)27(21(26)31)10-13-8-6-5-7-9-13)14(28)11-32-20(30)15-12(2)24-25(3)17(15)22/h5-9H,4,10-11,23H2,1-3H3. The average molecular weight is 460 g/mol. The Kier molecular flexibility index (Phi) is 6.64. The van der Waals surface area contributed by atoms with Crippen LogP contribution in [0.25, 0.3) is 0 Å². The Morgan fingerprint density at radius 3 is 2.34 bits per heavy atom. The molecule has 3 rings (SSSR count). The van der Waals surface area contributed by atoms with Gasteiger partial charge in [0.25, 0.3) is 5.56 Å². The van der Waals surface area contributed by atoms with E-state index in [0.717, 1.165) is 14.7 Å². The van der Waals surface area contributed by atoms with Gasteiger partial charge < -0.3 is 10.5 Å². The number of aryl methyl sites for hydroxylation is 2. The molecule has 0 unspecified atom stereocenters. The van der Waals surface area contributed by atoms with Gasteiger partial charge in [0.05, 0.1) is 12.2 Å². The highest BCUT2D eigenvalue weighted by atomic mass is 35.5. The van der Waals surface area contributed by atoms with Gasteiger partial charge >= 0.3 is 11.7 Å². The molecule has 0 amide bonds. The molecule has 0 fully saturated rings. The lowest BCUT2D eigenvalue weighted by Crippen LogP contribution is -2.44. The van der Waals surface area contributed by atoms with E-state index in [1.807, 2.05) is 6.07 Å². The molecule has 0 saturated heterocycles. The second-order valence-corrected chi connectivity index (χ2v) is 7.40. The molecule has 0 atom stereocenters. The number of nitrogens with zero attached hydrogens (tertiary/aromatic N) is 4. The Morgan fingerprint density at radius 2 is 1.78 bits per heavy atom. The smallest absolute Gasteiger partial charge is 0.343 e. The van der Waals surface area contributed by atoms with Gasteiger partial charge in [-0.3, -0.25) is 23.4 Å². The number of aromatic nitrogens is 4. The minimum Gasteiger partial charge on any atom is -0.454 e. The van der Waals surface area contributed by atoms with Gasteiger partial charge in [0.15, 0.2) is 6.61 Å². The minimum absolute atomic E-state index is 0.0231. The third kappa shape index (κ3) is 4.22. The van der Waals surface area contributed by atoms with E-state index >= 15 is 0 Å². The summed E-state index contributed by atoms with van der Waals surface area (Å²) in [5.41, 5.74) is 5.31. The van der Waals surface area contributed by atoms with E-state index in [-0.39, 0.29) is 29.6 Å². The van der Waals surface area contributed by atoms with Crippen molar-refractivity contribution in [2.24, 2.45) is 7.05 Å². The quantitative estimate of drug-likeness (QED) is 0.417. The maximum Gasteiger partial charge on any atom is 0.343 e. The minimum atomic E-state index is -0.860. The van der Waals surface area contributed by atoms with E-state index in [2.05, 4.69) is 5.10 Å². The summed E-state index contributed by atoms with van der Waals surface area (Å²) in [6.45, 7) is 2.53. The van der Waals surface area contributed by atoms with Crippen molar-refractivity contribution >= 4 is 29.2 Å². The highest BCUT2D eigenvalue weighted by molar-refractivity contribution is 6.32. The van der Waals surface area contributed by atoms with Crippen LogP contribution in [0.15, 0.2) is 39.9 Å². The number of benzene rings is 1. The van der Waals surface area contributed by atoms with Crippen LogP contribution in [0, 0.1) is 6.92 Å². The predicted octanol–water partition coefficient (Wildman–Crippen LogP) is 1.40. The normalized spacial score (nSPS) is 10.9. The monoisotopic (exact) mass is 459 g/mol. The van der Waals surface area contributed by atoms with Crippen LogP contribution in [0.3, 0.4) is 0 Å². The second kappa shape index (κ2) is 9.23. The molecule has 32 heavy (non-hydrogen) atoms. The summed E-state index contributed by atoms with van der Waals surface area (Å²) in [5, 5.41) is 4.08. The van der Waals surface area contributed by atoms with E-state index in [1.165, 1.54) is 4.68 Å². The molecule has 0 bridgehead atoms. The predicted molar refractivity (Wildman–Crippen MR) is 118 cm³/mol. The number of nitrogens with two attached hydrogens (primary N) is 1. The van der Waals surface area contributed by atoms with E-state index < -0.39 is 35.2 Å². The van der Waals surface area contributed by atoms with Crippen LogP contribution >= 0.6 is 11.6 Å². The molecular weight excluding hydrogens is 438 g/mol. The third-order valence-corrected chi connectivity index (χ3v) is 5.37. The molecule has 1 aromatic carbocycles. The maximum atomic E-state index is 12.8. The molecule has 0 saturated carbocycles. The summed E-state index contributed by atoms with van der Waals surface area (Å²) < 4.78 is 8.44. The number of ether oxygens (including phenoxy) is 1. The van der Waals surface area contributed by atoms with Crippen molar-refractivity contribution in [3.63, 3.8) is 0 Å². The topological polar surface area (TPSA) is 131 Å². The lowest BCUT2D eigenvalue weighted by atomic mass is 10.1. The van der Waals surface area contributed by atoms with Gasteiger partial charge in [-0.25, -0.2) is 9.59 Å².